The molecule has 3 unspecified atom stereocenters. The van der Waals surface area contributed by atoms with Crippen LogP contribution in [0.4, 0.5) is 5.69 Å². The van der Waals surface area contributed by atoms with Gasteiger partial charge in [-0.05, 0) is 43.9 Å². The predicted molar refractivity (Wildman–Crippen MR) is 108 cm³/mol. The maximum absolute atomic E-state index is 13.7. The standard InChI is InChI=1S/C23H25N3O2/c1-14-12-15(2)19(16(3)13-14)26-22(27)18-20(17-8-5-4-6-9-17)24-10-7-11-25(24)21(18)23(26)28/h4-6,8-9,12-13,18,20-21H,7,10-11H2,1-3H3. The van der Waals surface area contributed by atoms with Crippen LogP contribution in [0.1, 0.15) is 34.7 Å². The van der Waals surface area contributed by atoms with Crippen LogP contribution in [-0.2, 0) is 9.59 Å². The zero-order valence-corrected chi connectivity index (χ0v) is 16.6. The third kappa shape index (κ3) is 2.33. The van der Waals surface area contributed by atoms with Gasteiger partial charge in [-0.25, -0.2) is 14.9 Å². The minimum atomic E-state index is -0.389. The topological polar surface area (TPSA) is 43.9 Å². The molecule has 144 valence electrons. The fourth-order valence-corrected chi connectivity index (χ4v) is 5.51. The molecule has 3 atom stereocenters. The highest BCUT2D eigenvalue weighted by atomic mass is 16.2. The Morgan fingerprint density at radius 2 is 1.43 bits per heavy atom. The summed E-state index contributed by atoms with van der Waals surface area (Å²) < 4.78 is 0. The Morgan fingerprint density at radius 1 is 0.821 bits per heavy atom. The van der Waals surface area contributed by atoms with E-state index in [0.29, 0.717) is 0 Å². The minimum Gasteiger partial charge on any atom is -0.274 e. The Hall–Kier alpha value is -2.50. The highest BCUT2D eigenvalue weighted by Gasteiger charge is 2.63. The maximum Gasteiger partial charge on any atom is 0.253 e. The number of nitrogens with zero attached hydrogens (tertiary/aromatic N) is 3. The molecule has 0 radical (unpaired) electrons. The third-order valence-electron chi connectivity index (χ3n) is 6.41. The van der Waals surface area contributed by atoms with Crippen LogP contribution in [-0.4, -0.2) is 41.0 Å². The molecule has 0 saturated carbocycles. The Kier molecular flexibility index (Phi) is 3.93. The fourth-order valence-electron chi connectivity index (χ4n) is 5.51. The Labute approximate surface area is 165 Å². The van der Waals surface area contributed by atoms with Crippen molar-refractivity contribution < 1.29 is 9.59 Å². The Balaban J connectivity index is 1.62. The summed E-state index contributed by atoms with van der Waals surface area (Å²) in [4.78, 5) is 28.7. The molecular formula is C23H25N3O2. The maximum atomic E-state index is 13.7. The molecule has 2 aromatic carbocycles. The number of benzene rings is 2. The third-order valence-corrected chi connectivity index (χ3v) is 6.41. The van der Waals surface area contributed by atoms with E-state index in [1.54, 1.807) is 0 Å². The molecule has 5 heteroatoms. The molecule has 28 heavy (non-hydrogen) atoms. The van der Waals surface area contributed by atoms with Crippen molar-refractivity contribution in [1.29, 1.82) is 0 Å². The summed E-state index contributed by atoms with van der Waals surface area (Å²) in [5.74, 6) is -0.487. The average Bonchev–Trinajstić information content (AvgIpc) is 3.29. The van der Waals surface area contributed by atoms with Gasteiger partial charge in [-0.2, -0.15) is 0 Å². The van der Waals surface area contributed by atoms with Crippen molar-refractivity contribution in [3.05, 3.63) is 64.7 Å². The number of carbonyl (C=O) groups is 2. The van der Waals surface area contributed by atoms with E-state index in [1.165, 1.54) is 4.90 Å². The first-order valence-electron chi connectivity index (χ1n) is 10.0. The summed E-state index contributed by atoms with van der Waals surface area (Å²) in [5.41, 5.74) is 4.99. The molecule has 3 fully saturated rings. The molecule has 3 aliphatic rings. The number of aryl methyl sites for hydroxylation is 3. The summed E-state index contributed by atoms with van der Waals surface area (Å²) in [5, 5.41) is 4.41. The molecule has 0 aromatic heterocycles. The van der Waals surface area contributed by atoms with Crippen molar-refractivity contribution in [1.82, 2.24) is 10.0 Å². The second-order valence-corrected chi connectivity index (χ2v) is 8.27. The molecule has 5 nitrogen and oxygen atoms in total. The Bertz CT molecular complexity index is 948. The first-order chi connectivity index (χ1) is 13.5. The summed E-state index contributed by atoms with van der Waals surface area (Å²) in [7, 11) is 0. The predicted octanol–water partition coefficient (Wildman–Crippen LogP) is 3.15. The lowest BCUT2D eigenvalue weighted by atomic mass is 9.90. The van der Waals surface area contributed by atoms with Gasteiger partial charge in [0.1, 0.15) is 6.04 Å². The SMILES string of the molecule is Cc1cc(C)c(N2C(=O)C3C(C2=O)N2CCCN2C3c2ccccc2)c(C)c1. The first-order valence-corrected chi connectivity index (χ1v) is 10.0. The van der Waals surface area contributed by atoms with E-state index >= 15 is 0 Å². The summed E-state index contributed by atoms with van der Waals surface area (Å²) in [6, 6.07) is 13.8. The zero-order valence-electron chi connectivity index (χ0n) is 16.6. The normalized spacial score (nSPS) is 27.5. The van der Waals surface area contributed by atoms with Gasteiger partial charge in [0.05, 0.1) is 17.6 Å². The van der Waals surface area contributed by atoms with Crippen LogP contribution in [0.3, 0.4) is 0 Å². The van der Waals surface area contributed by atoms with Gasteiger partial charge >= 0.3 is 0 Å². The molecule has 3 aliphatic heterocycles. The second-order valence-electron chi connectivity index (χ2n) is 8.27. The number of carbonyl (C=O) groups excluding carboxylic acids is 2. The van der Waals surface area contributed by atoms with E-state index in [4.69, 9.17) is 0 Å². The van der Waals surface area contributed by atoms with Crippen LogP contribution in [0.2, 0.25) is 0 Å². The minimum absolute atomic E-state index is 0.0618. The van der Waals surface area contributed by atoms with Gasteiger partial charge < -0.3 is 0 Å². The largest absolute Gasteiger partial charge is 0.274 e. The van der Waals surface area contributed by atoms with Crippen LogP contribution < -0.4 is 4.90 Å². The van der Waals surface area contributed by atoms with E-state index in [9.17, 15) is 9.59 Å². The van der Waals surface area contributed by atoms with E-state index in [0.717, 1.165) is 47.5 Å². The molecule has 0 spiro atoms. The van der Waals surface area contributed by atoms with E-state index in [1.807, 2.05) is 51.1 Å². The van der Waals surface area contributed by atoms with Gasteiger partial charge in [-0.3, -0.25) is 9.59 Å². The molecule has 2 amide bonds. The second kappa shape index (κ2) is 6.26. The molecular weight excluding hydrogens is 350 g/mol. The van der Waals surface area contributed by atoms with Crippen LogP contribution in [0.25, 0.3) is 0 Å². The van der Waals surface area contributed by atoms with Gasteiger partial charge in [0, 0.05) is 13.1 Å². The van der Waals surface area contributed by atoms with Crippen LogP contribution in [0, 0.1) is 26.7 Å². The van der Waals surface area contributed by atoms with Crippen molar-refractivity contribution in [2.45, 2.75) is 39.3 Å². The molecule has 0 N–H and O–H groups in total. The van der Waals surface area contributed by atoms with Gasteiger partial charge in [0.2, 0.25) is 5.91 Å². The molecule has 0 aliphatic carbocycles. The van der Waals surface area contributed by atoms with Crippen molar-refractivity contribution in [3.63, 3.8) is 0 Å². The lowest BCUT2D eigenvalue weighted by Crippen LogP contribution is -2.44. The van der Waals surface area contributed by atoms with Gasteiger partial charge in [-0.1, -0.05) is 48.0 Å². The first kappa shape index (κ1) is 17.6. The molecule has 3 saturated heterocycles. The number of imide groups is 1. The monoisotopic (exact) mass is 375 g/mol. The molecule has 2 aromatic rings. The van der Waals surface area contributed by atoms with Crippen LogP contribution in [0.15, 0.2) is 42.5 Å². The number of fused-ring (bicyclic) bond motifs is 3. The summed E-state index contributed by atoms with van der Waals surface area (Å²) in [6.07, 6.45) is 1.02. The summed E-state index contributed by atoms with van der Waals surface area (Å²) >= 11 is 0. The fraction of sp³-hybridized carbons (Fsp3) is 0.391. The number of amides is 2. The molecule has 3 heterocycles. The lowest BCUT2D eigenvalue weighted by Gasteiger charge is -2.30. The zero-order chi connectivity index (χ0) is 19.6. The van der Waals surface area contributed by atoms with Crippen LogP contribution >= 0.6 is 0 Å². The van der Waals surface area contributed by atoms with Gasteiger partial charge in [-0.15, -0.1) is 0 Å². The van der Waals surface area contributed by atoms with Gasteiger partial charge in [0.25, 0.3) is 5.91 Å². The quantitative estimate of drug-likeness (QED) is 0.757. The number of hydrogen-bond acceptors (Lipinski definition) is 4. The highest BCUT2D eigenvalue weighted by Crippen LogP contribution is 2.49. The summed E-state index contributed by atoms with van der Waals surface area (Å²) in [6.45, 7) is 7.75. The van der Waals surface area contributed by atoms with E-state index < -0.39 is 0 Å². The molecule has 5 rings (SSSR count). The number of anilines is 1. The highest BCUT2D eigenvalue weighted by molar-refractivity contribution is 6.24. The Morgan fingerprint density at radius 3 is 2.07 bits per heavy atom. The number of rotatable bonds is 2. The van der Waals surface area contributed by atoms with Crippen molar-refractivity contribution in [2.24, 2.45) is 5.92 Å². The van der Waals surface area contributed by atoms with Crippen molar-refractivity contribution in [2.75, 3.05) is 18.0 Å². The number of hydrazine groups is 1. The van der Waals surface area contributed by atoms with E-state index in [2.05, 4.69) is 22.2 Å². The number of hydrogen-bond donors (Lipinski definition) is 0. The van der Waals surface area contributed by atoms with Crippen LogP contribution in [0.5, 0.6) is 0 Å². The lowest BCUT2D eigenvalue weighted by molar-refractivity contribution is -0.126. The van der Waals surface area contributed by atoms with Crippen molar-refractivity contribution in [3.8, 4) is 0 Å². The average molecular weight is 375 g/mol. The smallest absolute Gasteiger partial charge is 0.253 e. The van der Waals surface area contributed by atoms with Crippen molar-refractivity contribution >= 4 is 17.5 Å². The van der Waals surface area contributed by atoms with E-state index in [-0.39, 0.29) is 29.8 Å². The molecule has 0 bridgehead atoms. The van der Waals surface area contributed by atoms with Gasteiger partial charge in [0.15, 0.2) is 0 Å².